The van der Waals surface area contributed by atoms with Crippen LogP contribution in [0, 0.1) is 0 Å². The molecule has 1 amide bonds. The minimum absolute atomic E-state index is 0. The van der Waals surface area contributed by atoms with Crippen LogP contribution in [0.5, 0.6) is 17.2 Å². The number of amides is 1. The second-order valence-electron chi connectivity index (χ2n) is 6.03. The van der Waals surface area contributed by atoms with E-state index in [0.717, 1.165) is 5.75 Å². The summed E-state index contributed by atoms with van der Waals surface area (Å²) in [6.07, 6.45) is 0. The summed E-state index contributed by atoms with van der Waals surface area (Å²) >= 11 is 0. The van der Waals surface area contributed by atoms with Gasteiger partial charge in [0.1, 0.15) is 17.2 Å². The van der Waals surface area contributed by atoms with Crippen LogP contribution in [-0.4, -0.2) is 26.5 Å². The van der Waals surface area contributed by atoms with E-state index in [1.165, 1.54) is 0 Å². The number of para-hydroxylation sites is 1. The van der Waals surface area contributed by atoms with Gasteiger partial charge in [-0.2, -0.15) is 5.21 Å². The highest BCUT2D eigenvalue weighted by atomic mass is 16.5. The summed E-state index contributed by atoms with van der Waals surface area (Å²) in [5.74, 6) is 2.29. The zero-order valence-corrected chi connectivity index (χ0v) is 15.3. The van der Waals surface area contributed by atoms with Crippen LogP contribution in [-0.2, 0) is 6.61 Å². The number of aromatic amines is 1. The fourth-order valence-corrected chi connectivity index (χ4v) is 2.53. The normalized spacial score (nSPS) is 10.0. The van der Waals surface area contributed by atoms with E-state index in [1.807, 2.05) is 30.3 Å². The van der Waals surface area contributed by atoms with Crippen molar-refractivity contribution in [1.29, 1.82) is 0 Å². The fourth-order valence-electron chi connectivity index (χ4n) is 2.53. The smallest absolute Gasteiger partial charge is 0.255 e. The molecule has 0 radical (unpaired) electrons. The standard InChI is InChI=1S/C21H17N5O3.CH4/c27-21(15-6-10-17(11-7-15)28-14-20-23-25-26-24-20)22-16-8-12-19(13-9-16)29-18-4-2-1-3-5-18;/h1-13H,14H2,(H,22,27)(H,23,24,25,26);1H4. The Bertz CT molecular complexity index is 1050. The van der Waals surface area contributed by atoms with Crippen molar-refractivity contribution in [2.24, 2.45) is 0 Å². The maximum atomic E-state index is 12.4. The molecule has 0 aliphatic rings. The van der Waals surface area contributed by atoms with Crippen molar-refractivity contribution in [2.75, 3.05) is 5.32 Å². The van der Waals surface area contributed by atoms with Gasteiger partial charge in [-0.25, -0.2) is 0 Å². The Labute approximate surface area is 173 Å². The van der Waals surface area contributed by atoms with Gasteiger partial charge in [0.15, 0.2) is 6.61 Å². The zero-order chi connectivity index (χ0) is 19.9. The number of aromatic nitrogens is 4. The zero-order valence-electron chi connectivity index (χ0n) is 15.3. The van der Waals surface area contributed by atoms with Crippen molar-refractivity contribution >= 4 is 11.6 Å². The molecule has 3 aromatic carbocycles. The first-order valence-corrected chi connectivity index (χ1v) is 8.86. The molecule has 0 unspecified atom stereocenters. The maximum absolute atomic E-state index is 12.4. The molecule has 1 aromatic heterocycles. The van der Waals surface area contributed by atoms with Crippen molar-refractivity contribution in [2.45, 2.75) is 14.0 Å². The van der Waals surface area contributed by atoms with Crippen LogP contribution in [0.15, 0.2) is 78.9 Å². The van der Waals surface area contributed by atoms with Gasteiger partial charge in [0.05, 0.1) is 0 Å². The third-order valence-electron chi connectivity index (χ3n) is 3.96. The molecule has 152 valence electrons. The van der Waals surface area contributed by atoms with Crippen molar-refractivity contribution in [3.8, 4) is 17.2 Å². The number of rotatable bonds is 7. The van der Waals surface area contributed by atoms with E-state index in [9.17, 15) is 4.79 Å². The molecule has 8 heteroatoms. The number of nitrogens with zero attached hydrogens (tertiary/aromatic N) is 3. The summed E-state index contributed by atoms with van der Waals surface area (Å²) in [5, 5.41) is 16.3. The average Bonchev–Trinajstić information content (AvgIpc) is 3.28. The second kappa shape index (κ2) is 9.83. The Balaban J connectivity index is 0.00000256. The first-order valence-electron chi connectivity index (χ1n) is 8.86. The molecule has 30 heavy (non-hydrogen) atoms. The Morgan fingerprint density at radius 1 is 0.867 bits per heavy atom. The molecule has 0 aliphatic carbocycles. The molecule has 0 aliphatic heterocycles. The lowest BCUT2D eigenvalue weighted by molar-refractivity contribution is 0.102. The molecule has 8 nitrogen and oxygen atoms in total. The van der Waals surface area contributed by atoms with Crippen molar-refractivity contribution < 1.29 is 14.3 Å². The van der Waals surface area contributed by atoms with Gasteiger partial charge in [0, 0.05) is 11.3 Å². The molecule has 0 spiro atoms. The number of benzene rings is 3. The van der Waals surface area contributed by atoms with Crippen LogP contribution in [0.25, 0.3) is 0 Å². The monoisotopic (exact) mass is 403 g/mol. The summed E-state index contributed by atoms with van der Waals surface area (Å²) in [6, 6.07) is 23.5. The van der Waals surface area contributed by atoms with Gasteiger partial charge in [-0.15, -0.1) is 10.2 Å². The van der Waals surface area contributed by atoms with Gasteiger partial charge >= 0.3 is 0 Å². The van der Waals surface area contributed by atoms with E-state index >= 15 is 0 Å². The predicted molar refractivity (Wildman–Crippen MR) is 113 cm³/mol. The van der Waals surface area contributed by atoms with Gasteiger partial charge in [-0.3, -0.25) is 4.79 Å². The summed E-state index contributed by atoms with van der Waals surface area (Å²) in [4.78, 5) is 12.4. The Morgan fingerprint density at radius 2 is 1.53 bits per heavy atom. The Morgan fingerprint density at radius 3 is 2.20 bits per heavy atom. The van der Waals surface area contributed by atoms with Gasteiger partial charge in [0.2, 0.25) is 5.82 Å². The van der Waals surface area contributed by atoms with Crippen LogP contribution in [0.4, 0.5) is 5.69 Å². The molecule has 0 saturated carbocycles. The molecular formula is C22H21N5O3. The fraction of sp³-hybridized carbons (Fsp3) is 0.0909. The number of H-pyrrole nitrogens is 1. The number of ether oxygens (including phenoxy) is 2. The van der Waals surface area contributed by atoms with Crippen LogP contribution in [0.1, 0.15) is 23.6 Å². The summed E-state index contributed by atoms with van der Waals surface area (Å²) in [6.45, 7) is 0.194. The molecule has 4 aromatic rings. The largest absolute Gasteiger partial charge is 0.485 e. The van der Waals surface area contributed by atoms with Crippen molar-refractivity contribution in [3.63, 3.8) is 0 Å². The second-order valence-corrected chi connectivity index (χ2v) is 6.03. The molecule has 4 rings (SSSR count). The molecule has 0 saturated heterocycles. The lowest BCUT2D eigenvalue weighted by Crippen LogP contribution is -2.11. The number of anilines is 1. The molecule has 0 bridgehead atoms. The summed E-state index contributed by atoms with van der Waals surface area (Å²) in [5.41, 5.74) is 1.19. The van der Waals surface area contributed by atoms with E-state index in [0.29, 0.717) is 28.6 Å². The molecule has 2 N–H and O–H groups in total. The lowest BCUT2D eigenvalue weighted by Gasteiger charge is -2.09. The Hall–Kier alpha value is -4.20. The number of tetrazole rings is 1. The number of hydrogen-bond donors (Lipinski definition) is 2. The van der Waals surface area contributed by atoms with Crippen LogP contribution in [0.2, 0.25) is 0 Å². The molecular weight excluding hydrogens is 382 g/mol. The average molecular weight is 403 g/mol. The van der Waals surface area contributed by atoms with Crippen LogP contribution < -0.4 is 14.8 Å². The highest BCUT2D eigenvalue weighted by molar-refractivity contribution is 6.04. The predicted octanol–water partition coefficient (Wildman–Crippen LogP) is 4.46. The van der Waals surface area contributed by atoms with Crippen molar-refractivity contribution in [3.05, 3.63) is 90.3 Å². The van der Waals surface area contributed by atoms with E-state index in [1.54, 1.807) is 48.5 Å². The van der Waals surface area contributed by atoms with E-state index in [-0.39, 0.29) is 19.9 Å². The van der Waals surface area contributed by atoms with E-state index in [2.05, 4.69) is 25.9 Å². The quantitative estimate of drug-likeness (QED) is 0.472. The maximum Gasteiger partial charge on any atom is 0.255 e. The van der Waals surface area contributed by atoms with Crippen LogP contribution in [0.3, 0.4) is 0 Å². The number of hydrogen-bond acceptors (Lipinski definition) is 6. The minimum atomic E-state index is -0.216. The number of carbonyl (C=O) groups is 1. The summed E-state index contributed by atoms with van der Waals surface area (Å²) in [7, 11) is 0. The Kier molecular flexibility index (Phi) is 6.73. The molecule has 1 heterocycles. The number of nitrogens with one attached hydrogen (secondary N) is 2. The van der Waals surface area contributed by atoms with Gasteiger partial charge in [0.25, 0.3) is 5.91 Å². The SMILES string of the molecule is C.O=C(Nc1ccc(Oc2ccccc2)cc1)c1ccc(OCc2nn[nH]n2)cc1. The topological polar surface area (TPSA) is 102 Å². The summed E-state index contributed by atoms with van der Waals surface area (Å²) < 4.78 is 11.3. The van der Waals surface area contributed by atoms with E-state index < -0.39 is 0 Å². The molecule has 0 fully saturated rings. The van der Waals surface area contributed by atoms with Crippen LogP contribution >= 0.6 is 0 Å². The first kappa shape index (κ1) is 20.5. The van der Waals surface area contributed by atoms with Gasteiger partial charge < -0.3 is 14.8 Å². The van der Waals surface area contributed by atoms with Gasteiger partial charge in [-0.05, 0) is 60.7 Å². The van der Waals surface area contributed by atoms with E-state index in [4.69, 9.17) is 9.47 Å². The highest BCUT2D eigenvalue weighted by Gasteiger charge is 2.07. The third-order valence-corrected chi connectivity index (χ3v) is 3.96. The van der Waals surface area contributed by atoms with Gasteiger partial charge in [-0.1, -0.05) is 30.8 Å². The first-order chi connectivity index (χ1) is 14.3. The third kappa shape index (κ3) is 5.41. The molecule has 0 atom stereocenters. The minimum Gasteiger partial charge on any atom is -0.485 e. The number of carbonyl (C=O) groups excluding carboxylic acids is 1. The van der Waals surface area contributed by atoms with Crippen molar-refractivity contribution in [1.82, 2.24) is 20.6 Å². The highest BCUT2D eigenvalue weighted by Crippen LogP contribution is 2.23. The lowest BCUT2D eigenvalue weighted by atomic mass is 10.2.